The second-order valence-electron chi connectivity index (χ2n) is 6.96. The van der Waals surface area contributed by atoms with Crippen molar-refractivity contribution in [3.8, 4) is 11.5 Å². The van der Waals surface area contributed by atoms with Gasteiger partial charge >= 0.3 is 0 Å². The summed E-state index contributed by atoms with van der Waals surface area (Å²) in [5.41, 5.74) is -0.253. The quantitative estimate of drug-likeness (QED) is 0.543. The Morgan fingerprint density at radius 1 is 1.21 bits per heavy atom. The second kappa shape index (κ2) is 11.4. The summed E-state index contributed by atoms with van der Waals surface area (Å²) in [6.07, 6.45) is -5.88. The van der Waals surface area contributed by atoms with Crippen LogP contribution >= 0.6 is 0 Å². The number of likely N-dealkylation sites (tertiary alicyclic amines) is 1. The number of nitrogens with zero attached hydrogens (tertiary/aromatic N) is 1. The standard InChI is InChI=1S/C23H36N2O4/c1-2-3-4-5-6-9-22(26)24-19(17-25-12-7-8-13-25)23(27)18-10-11-20-21(16-18)29-15-14-28-20/h10-11,16,19,23,27H,2-9,12-15,17H2,1H3,(H,24,26)/t19-,23-/m1/s1/i7D2,8D2,12D2,13D2,19D,23D. The molecule has 0 spiro atoms. The van der Waals surface area contributed by atoms with Crippen LogP contribution in [0.5, 0.6) is 11.5 Å². The maximum Gasteiger partial charge on any atom is 0.220 e. The average Bonchev–Trinajstić information content (AvgIpc) is 2.92. The molecule has 1 aromatic rings. The largest absolute Gasteiger partial charge is 0.486 e. The van der Waals surface area contributed by atoms with Crippen molar-refractivity contribution in [3.63, 3.8) is 0 Å². The normalized spacial score (nSPS) is 32.6. The summed E-state index contributed by atoms with van der Waals surface area (Å²) in [6.45, 7) is -5.40. The summed E-state index contributed by atoms with van der Waals surface area (Å²) >= 11 is 0. The molecule has 1 aromatic carbocycles. The van der Waals surface area contributed by atoms with Gasteiger partial charge in [0.05, 0.1) is 8.76 Å². The number of carbonyl (C=O) groups is 1. The number of hydrogen-bond donors (Lipinski definition) is 2. The molecule has 0 radical (unpaired) electrons. The SMILES string of the molecule is [2H]C1([2H])N(C[C@@]([2H])(NC(=O)CCCCCCC)[C@]([2H])(O)c2ccc3c(c2)OCCO3)C([2H])([2H])C([2H])([2H])C1([2H])[2H]. The molecule has 1 amide bonds. The van der Waals surface area contributed by atoms with Crippen molar-refractivity contribution in [3.05, 3.63) is 23.8 Å². The zero-order chi connectivity index (χ0) is 29.5. The molecule has 0 saturated carbocycles. The van der Waals surface area contributed by atoms with Gasteiger partial charge in [-0.2, -0.15) is 0 Å². The van der Waals surface area contributed by atoms with Gasteiger partial charge in [0.25, 0.3) is 0 Å². The topological polar surface area (TPSA) is 71.0 Å². The number of benzene rings is 1. The van der Waals surface area contributed by atoms with Crippen LogP contribution < -0.4 is 14.8 Å². The monoisotopic (exact) mass is 414 g/mol. The van der Waals surface area contributed by atoms with Crippen LogP contribution in [0.15, 0.2) is 18.2 Å². The van der Waals surface area contributed by atoms with E-state index in [9.17, 15) is 9.90 Å². The second-order valence-corrected chi connectivity index (χ2v) is 6.96. The van der Waals surface area contributed by atoms with Gasteiger partial charge in [-0.25, -0.2) is 0 Å². The molecule has 6 nitrogen and oxygen atoms in total. The van der Waals surface area contributed by atoms with Crippen molar-refractivity contribution in [2.45, 2.75) is 70.3 Å². The van der Waals surface area contributed by atoms with Gasteiger partial charge in [0.2, 0.25) is 5.91 Å². The van der Waals surface area contributed by atoms with Gasteiger partial charge < -0.3 is 24.8 Å². The number of ether oxygens (including phenoxy) is 2. The number of nitrogens with one attached hydrogen (secondary N) is 1. The van der Waals surface area contributed by atoms with Crippen LogP contribution in [0.1, 0.15) is 83.5 Å². The Labute approximate surface area is 188 Å². The van der Waals surface area contributed by atoms with Crippen LogP contribution in [0.4, 0.5) is 0 Å². The van der Waals surface area contributed by atoms with Gasteiger partial charge in [-0.3, -0.25) is 4.79 Å². The van der Waals surface area contributed by atoms with E-state index >= 15 is 0 Å². The minimum Gasteiger partial charge on any atom is -0.486 e. The summed E-state index contributed by atoms with van der Waals surface area (Å²) in [6, 6.07) is 0.999. The molecule has 2 atom stereocenters. The predicted molar refractivity (Wildman–Crippen MR) is 113 cm³/mol. The number of carbonyl (C=O) groups excluding carboxylic acids is 1. The van der Waals surface area contributed by atoms with Crippen molar-refractivity contribution in [2.75, 3.05) is 32.8 Å². The molecule has 2 aliphatic heterocycles. The highest BCUT2D eigenvalue weighted by Gasteiger charge is 2.27. The Hall–Kier alpha value is -1.79. The van der Waals surface area contributed by atoms with E-state index in [-0.39, 0.29) is 35.8 Å². The van der Waals surface area contributed by atoms with E-state index in [1.54, 1.807) is 0 Å². The highest BCUT2D eigenvalue weighted by Crippen LogP contribution is 2.33. The first-order valence-corrected chi connectivity index (χ1v) is 10.1. The van der Waals surface area contributed by atoms with Gasteiger partial charge in [0.15, 0.2) is 11.5 Å². The Balaban J connectivity index is 2.01. The lowest BCUT2D eigenvalue weighted by Crippen LogP contribution is -2.46. The summed E-state index contributed by atoms with van der Waals surface area (Å²) in [7, 11) is 0. The van der Waals surface area contributed by atoms with Gasteiger partial charge in [-0.05, 0) is 49.9 Å². The third-order valence-corrected chi connectivity index (χ3v) is 4.66. The smallest absolute Gasteiger partial charge is 0.220 e. The lowest BCUT2D eigenvalue weighted by atomic mass is 10.0. The first-order chi connectivity index (χ1) is 17.9. The highest BCUT2D eigenvalue weighted by molar-refractivity contribution is 5.76. The number of aliphatic hydroxyl groups is 1. The summed E-state index contributed by atoms with van der Waals surface area (Å²) in [5.74, 6) is -0.273. The molecule has 1 fully saturated rings. The first kappa shape index (κ1) is 12.2. The Bertz CT molecular complexity index is 1030. The van der Waals surface area contributed by atoms with Crippen molar-refractivity contribution < 1.29 is 33.1 Å². The fraction of sp³-hybridized carbons (Fsp3) is 0.696. The van der Waals surface area contributed by atoms with Crippen molar-refractivity contribution >= 4 is 5.91 Å². The van der Waals surface area contributed by atoms with E-state index in [4.69, 9.17) is 23.2 Å². The van der Waals surface area contributed by atoms with E-state index in [0.29, 0.717) is 12.2 Å². The summed E-state index contributed by atoms with van der Waals surface area (Å²) in [4.78, 5) is 13.1. The van der Waals surface area contributed by atoms with Crippen LogP contribution in [-0.2, 0) is 4.79 Å². The number of hydrogen-bond acceptors (Lipinski definition) is 5. The van der Waals surface area contributed by atoms with Crippen LogP contribution in [0.3, 0.4) is 0 Å². The molecule has 2 N–H and O–H groups in total. The van der Waals surface area contributed by atoms with E-state index < -0.39 is 50.3 Å². The van der Waals surface area contributed by atoms with Gasteiger partial charge in [0.1, 0.15) is 19.3 Å². The Kier molecular flexibility index (Phi) is 4.78. The lowest BCUT2D eigenvalue weighted by Gasteiger charge is -2.29. The minimum absolute atomic E-state index is 0.0804. The van der Waals surface area contributed by atoms with Crippen molar-refractivity contribution in [1.82, 2.24) is 10.2 Å². The average molecular weight is 415 g/mol. The predicted octanol–water partition coefficient (Wildman–Crippen LogP) is 3.43. The lowest BCUT2D eigenvalue weighted by molar-refractivity contribution is -0.123. The summed E-state index contributed by atoms with van der Waals surface area (Å²) in [5, 5.41) is 13.7. The van der Waals surface area contributed by atoms with Crippen LogP contribution in [0.25, 0.3) is 0 Å². The van der Waals surface area contributed by atoms with Crippen molar-refractivity contribution in [2.24, 2.45) is 0 Å². The molecule has 2 aliphatic rings. The van der Waals surface area contributed by atoms with Crippen LogP contribution in [0.2, 0.25) is 0 Å². The molecule has 2 heterocycles. The highest BCUT2D eigenvalue weighted by atomic mass is 16.6. The zero-order valence-electron chi connectivity index (χ0n) is 26.7. The molecular weight excluding hydrogens is 368 g/mol. The zero-order valence-corrected chi connectivity index (χ0v) is 16.7. The number of unbranched alkanes of at least 4 members (excludes halogenated alkanes) is 4. The first-order valence-electron chi connectivity index (χ1n) is 15.1. The molecule has 0 aliphatic carbocycles. The maximum atomic E-state index is 12.9. The molecule has 162 valence electrons. The van der Waals surface area contributed by atoms with Gasteiger partial charge in [-0.1, -0.05) is 38.7 Å². The molecule has 0 unspecified atom stereocenters. The molecule has 1 saturated heterocycles. The van der Waals surface area contributed by atoms with E-state index in [1.807, 2.05) is 6.92 Å². The molecule has 0 aromatic heterocycles. The maximum absolute atomic E-state index is 12.9. The Morgan fingerprint density at radius 2 is 1.93 bits per heavy atom. The van der Waals surface area contributed by atoms with Crippen LogP contribution in [0, 0.1) is 0 Å². The molecule has 6 heteroatoms. The van der Waals surface area contributed by atoms with E-state index in [0.717, 1.165) is 25.7 Å². The number of fused-ring (bicyclic) bond motifs is 1. The van der Waals surface area contributed by atoms with E-state index in [1.165, 1.54) is 18.2 Å². The fourth-order valence-corrected chi connectivity index (χ4v) is 3.11. The molecular formula is C23H36N2O4. The molecule has 29 heavy (non-hydrogen) atoms. The van der Waals surface area contributed by atoms with Crippen molar-refractivity contribution in [1.29, 1.82) is 0 Å². The summed E-state index contributed by atoms with van der Waals surface area (Å²) < 4.78 is 94.2. The number of amides is 1. The van der Waals surface area contributed by atoms with Gasteiger partial charge in [-0.15, -0.1) is 0 Å². The van der Waals surface area contributed by atoms with Gasteiger partial charge in [0, 0.05) is 23.9 Å². The minimum atomic E-state index is -3.38. The molecule has 0 bridgehead atoms. The third-order valence-electron chi connectivity index (χ3n) is 4.66. The number of rotatable bonds is 11. The van der Waals surface area contributed by atoms with Crippen LogP contribution in [-0.4, -0.2) is 54.7 Å². The fourth-order valence-electron chi connectivity index (χ4n) is 3.11. The van der Waals surface area contributed by atoms with E-state index in [2.05, 4.69) is 5.32 Å². The molecule has 3 rings (SSSR count). The third kappa shape index (κ3) is 6.61. The Morgan fingerprint density at radius 3 is 2.69 bits per heavy atom.